The second kappa shape index (κ2) is 10.9. The summed E-state index contributed by atoms with van der Waals surface area (Å²) < 4.78 is 32.2. The zero-order valence-corrected chi connectivity index (χ0v) is 17.8. The highest BCUT2D eigenvalue weighted by atomic mass is 16.7. The van der Waals surface area contributed by atoms with Gasteiger partial charge in [-0.3, -0.25) is 24.0 Å². The predicted molar refractivity (Wildman–Crippen MR) is 100.0 cm³/mol. The van der Waals surface area contributed by atoms with Crippen LogP contribution in [0.15, 0.2) is 11.8 Å². The third-order valence-electron chi connectivity index (χ3n) is 4.50. The van der Waals surface area contributed by atoms with Crippen molar-refractivity contribution in [3.05, 3.63) is 11.8 Å². The summed E-state index contributed by atoms with van der Waals surface area (Å²) in [6.07, 6.45) is -3.52. The Kier molecular flexibility index (Phi) is 8.55. The lowest BCUT2D eigenvalue weighted by Gasteiger charge is -2.43. The van der Waals surface area contributed by atoms with E-state index in [9.17, 15) is 24.0 Å². The molecule has 0 amide bonds. The molecule has 0 N–H and O–H groups in total. The van der Waals surface area contributed by atoms with Crippen molar-refractivity contribution in [1.82, 2.24) is 0 Å². The molecular weight excluding hydrogens is 416 g/mol. The van der Waals surface area contributed by atoms with Crippen molar-refractivity contribution in [3.63, 3.8) is 0 Å². The van der Waals surface area contributed by atoms with Crippen LogP contribution in [0.2, 0.25) is 0 Å². The molecule has 31 heavy (non-hydrogen) atoms. The second-order valence-corrected chi connectivity index (χ2v) is 7.12. The van der Waals surface area contributed by atoms with Crippen molar-refractivity contribution >= 4 is 29.7 Å². The molecule has 0 unspecified atom stereocenters. The minimum atomic E-state index is -1.33. The Morgan fingerprint density at radius 3 is 1.97 bits per heavy atom. The summed E-state index contributed by atoms with van der Waals surface area (Å²) in [5.41, 5.74) is 0.438. The van der Waals surface area contributed by atoms with Crippen molar-refractivity contribution in [3.8, 4) is 0 Å². The smallest absolute Gasteiger partial charge is 0.303 e. The monoisotopic (exact) mass is 442 g/mol. The summed E-state index contributed by atoms with van der Waals surface area (Å²) in [5, 5.41) is 0. The van der Waals surface area contributed by atoms with E-state index in [-0.39, 0.29) is 12.4 Å². The van der Waals surface area contributed by atoms with E-state index in [1.54, 1.807) is 0 Å². The number of hydrogen-bond donors (Lipinski definition) is 0. The fourth-order valence-electron chi connectivity index (χ4n) is 3.31. The van der Waals surface area contributed by atoms with E-state index in [0.29, 0.717) is 24.8 Å². The number of Topliss-reactive ketones (excluding diaryl/α,β-unsaturated/α-hetero) is 1. The zero-order chi connectivity index (χ0) is 23.1. The van der Waals surface area contributed by atoms with Crippen molar-refractivity contribution in [1.29, 1.82) is 0 Å². The number of carbonyl (C=O) groups excluding carboxylic acids is 5. The summed E-state index contributed by atoms with van der Waals surface area (Å²) in [6, 6.07) is 0. The minimum Gasteiger partial charge on any atom is -0.468 e. The maximum Gasteiger partial charge on any atom is 0.303 e. The third-order valence-corrected chi connectivity index (χ3v) is 4.50. The van der Waals surface area contributed by atoms with Gasteiger partial charge < -0.3 is 28.4 Å². The first-order valence-corrected chi connectivity index (χ1v) is 9.76. The summed E-state index contributed by atoms with van der Waals surface area (Å²) >= 11 is 0. The number of allylic oxidation sites excluding steroid dienone is 1. The molecule has 11 heteroatoms. The van der Waals surface area contributed by atoms with Crippen molar-refractivity contribution in [2.45, 2.75) is 77.7 Å². The van der Waals surface area contributed by atoms with Crippen LogP contribution in [0.1, 0.15) is 47.0 Å². The maximum atomic E-state index is 11.9. The SMILES string of the molecule is CC(=O)OC[C@H]1O[C@@H](O/C=C2\CCCC2=O)[C@H](OC(C)=O)[C@@H](OC(C)=O)[C@@H]1OC(C)=O. The largest absolute Gasteiger partial charge is 0.468 e. The standard InChI is InChI=1S/C20H26O11/c1-10(21)26-9-16-17(28-11(2)22)18(29-12(3)23)19(30-13(4)24)20(31-16)27-8-14-6-5-7-15(14)25/h8,16-20H,5-7,9H2,1-4H3/b14-8+/t16-,17-,18+,19-,20-/m1/s1. The van der Waals surface area contributed by atoms with Gasteiger partial charge in [0, 0.05) is 39.7 Å². The molecular formula is C20H26O11. The Morgan fingerprint density at radius 1 is 0.871 bits per heavy atom. The van der Waals surface area contributed by atoms with E-state index in [1.807, 2.05) is 0 Å². The van der Waals surface area contributed by atoms with Gasteiger partial charge >= 0.3 is 23.9 Å². The topological polar surface area (TPSA) is 141 Å². The molecule has 1 saturated carbocycles. The van der Waals surface area contributed by atoms with Crippen LogP contribution in [0.5, 0.6) is 0 Å². The first-order valence-electron chi connectivity index (χ1n) is 9.76. The normalized spacial score (nSPS) is 29.2. The Bertz CT molecular complexity index is 756. The van der Waals surface area contributed by atoms with Gasteiger partial charge in [-0.2, -0.15) is 0 Å². The molecule has 172 valence electrons. The molecule has 2 aliphatic rings. The van der Waals surface area contributed by atoms with Gasteiger partial charge in [-0.25, -0.2) is 0 Å². The molecule has 0 aromatic heterocycles. The summed E-state index contributed by atoms with van der Waals surface area (Å²) in [5.74, 6) is -2.89. The van der Waals surface area contributed by atoms with Crippen LogP contribution in [-0.2, 0) is 52.4 Å². The summed E-state index contributed by atoms with van der Waals surface area (Å²) in [4.78, 5) is 58.3. The highest BCUT2D eigenvalue weighted by Crippen LogP contribution is 2.31. The number of ketones is 1. The fourth-order valence-corrected chi connectivity index (χ4v) is 3.31. The quantitative estimate of drug-likeness (QED) is 0.238. The zero-order valence-electron chi connectivity index (χ0n) is 17.8. The lowest BCUT2D eigenvalue weighted by Crippen LogP contribution is -2.62. The second-order valence-electron chi connectivity index (χ2n) is 7.12. The van der Waals surface area contributed by atoms with Gasteiger partial charge in [0.15, 0.2) is 18.0 Å². The molecule has 1 aliphatic carbocycles. The van der Waals surface area contributed by atoms with Gasteiger partial charge in [0.1, 0.15) is 12.7 Å². The molecule has 0 bridgehead atoms. The molecule has 0 aromatic carbocycles. The average Bonchev–Trinajstić information content (AvgIpc) is 3.06. The molecule has 0 aromatic rings. The molecule has 2 fully saturated rings. The number of hydrogen-bond acceptors (Lipinski definition) is 11. The van der Waals surface area contributed by atoms with Crippen LogP contribution in [-0.4, -0.2) is 67.0 Å². The summed E-state index contributed by atoms with van der Waals surface area (Å²) in [6.45, 7) is 4.22. The van der Waals surface area contributed by atoms with Crippen LogP contribution in [0.25, 0.3) is 0 Å². The van der Waals surface area contributed by atoms with Gasteiger partial charge in [-0.05, 0) is 12.8 Å². The predicted octanol–water partition coefficient (Wildman–Crippen LogP) is 0.723. The Hall–Kier alpha value is -2.95. The van der Waals surface area contributed by atoms with Gasteiger partial charge in [-0.15, -0.1) is 0 Å². The maximum absolute atomic E-state index is 11.9. The first-order chi connectivity index (χ1) is 14.6. The van der Waals surface area contributed by atoms with Crippen molar-refractivity contribution < 1.29 is 52.4 Å². The van der Waals surface area contributed by atoms with E-state index in [1.165, 1.54) is 13.2 Å². The van der Waals surface area contributed by atoms with Gasteiger partial charge in [0.2, 0.25) is 12.4 Å². The number of rotatable bonds is 7. The van der Waals surface area contributed by atoms with E-state index in [4.69, 9.17) is 28.4 Å². The van der Waals surface area contributed by atoms with Gasteiger partial charge in [0.25, 0.3) is 0 Å². The van der Waals surface area contributed by atoms with Crippen molar-refractivity contribution in [2.75, 3.05) is 6.61 Å². The molecule has 0 radical (unpaired) electrons. The van der Waals surface area contributed by atoms with Crippen molar-refractivity contribution in [2.24, 2.45) is 0 Å². The van der Waals surface area contributed by atoms with Crippen LogP contribution in [0, 0.1) is 0 Å². The lowest BCUT2D eigenvalue weighted by atomic mass is 9.98. The third kappa shape index (κ3) is 7.06. The van der Waals surface area contributed by atoms with E-state index < -0.39 is 54.6 Å². The van der Waals surface area contributed by atoms with Crippen LogP contribution < -0.4 is 0 Å². The molecule has 11 nitrogen and oxygen atoms in total. The molecule has 0 spiro atoms. The van der Waals surface area contributed by atoms with E-state index in [2.05, 4.69) is 0 Å². The highest BCUT2D eigenvalue weighted by Gasteiger charge is 2.53. The van der Waals surface area contributed by atoms with E-state index in [0.717, 1.165) is 20.8 Å². The molecule has 2 rings (SSSR count). The van der Waals surface area contributed by atoms with E-state index >= 15 is 0 Å². The highest BCUT2D eigenvalue weighted by molar-refractivity contribution is 5.97. The average molecular weight is 442 g/mol. The van der Waals surface area contributed by atoms with Gasteiger partial charge in [0.05, 0.1) is 6.26 Å². The first kappa shape index (κ1) is 24.3. The fraction of sp³-hybridized carbons (Fsp3) is 0.650. The molecule has 1 heterocycles. The minimum absolute atomic E-state index is 0.0781. The number of ether oxygens (including phenoxy) is 6. The van der Waals surface area contributed by atoms with Crippen LogP contribution >= 0.6 is 0 Å². The molecule has 5 atom stereocenters. The Balaban J connectivity index is 2.38. The number of esters is 4. The lowest BCUT2D eigenvalue weighted by molar-refractivity contribution is -0.297. The summed E-state index contributed by atoms with van der Waals surface area (Å²) in [7, 11) is 0. The number of carbonyl (C=O) groups is 5. The van der Waals surface area contributed by atoms with Crippen LogP contribution in [0.4, 0.5) is 0 Å². The van der Waals surface area contributed by atoms with Gasteiger partial charge in [-0.1, -0.05) is 0 Å². The Morgan fingerprint density at radius 2 is 1.45 bits per heavy atom. The van der Waals surface area contributed by atoms with Crippen LogP contribution in [0.3, 0.4) is 0 Å². The molecule has 1 saturated heterocycles. The Labute approximate surface area is 178 Å². The molecule has 1 aliphatic heterocycles.